The molecule has 3 N–H and O–H groups in total. The fourth-order valence-electron chi connectivity index (χ4n) is 3.22. The van der Waals surface area contributed by atoms with Crippen LogP contribution in [0.1, 0.15) is 15.2 Å². The molecule has 0 fully saturated rings. The molecule has 0 unspecified atom stereocenters. The van der Waals surface area contributed by atoms with Gasteiger partial charge in [0, 0.05) is 15.4 Å². The van der Waals surface area contributed by atoms with Crippen LogP contribution in [0.3, 0.4) is 0 Å². The molecule has 0 bridgehead atoms. The number of aromatic nitrogens is 1. The summed E-state index contributed by atoms with van der Waals surface area (Å²) >= 11 is 4.75. The molecule has 8 heteroatoms. The number of carbonyl (C=O) groups excluding carboxylic acids is 1. The van der Waals surface area contributed by atoms with Crippen molar-refractivity contribution in [2.75, 3.05) is 25.3 Å². The van der Waals surface area contributed by atoms with Crippen molar-refractivity contribution in [1.29, 1.82) is 0 Å². The molecule has 0 saturated heterocycles. The molecule has 2 aromatic carbocycles. The predicted octanol–water partition coefficient (Wildman–Crippen LogP) is 5.89. The fraction of sp³-hybridized carbons (Fsp3) is 0.130. The SMILES string of the molecule is COc1ccc(-c2ccc3c(N)c(C(=O)Nc4ccc(C)cc4Br)sc3n2)cc1OC. The Bertz CT molecular complexity index is 1300. The van der Waals surface area contributed by atoms with Gasteiger partial charge in [-0.2, -0.15) is 0 Å². The number of anilines is 2. The van der Waals surface area contributed by atoms with Crippen LogP contribution >= 0.6 is 27.3 Å². The molecule has 0 saturated carbocycles. The number of amides is 1. The normalized spacial score (nSPS) is 10.8. The van der Waals surface area contributed by atoms with Crippen LogP contribution in [0.25, 0.3) is 21.5 Å². The van der Waals surface area contributed by atoms with E-state index in [9.17, 15) is 4.79 Å². The number of methoxy groups -OCH3 is 2. The van der Waals surface area contributed by atoms with Gasteiger partial charge in [0.2, 0.25) is 0 Å². The number of ether oxygens (including phenoxy) is 2. The lowest BCUT2D eigenvalue weighted by Crippen LogP contribution is -2.12. The summed E-state index contributed by atoms with van der Waals surface area (Å²) in [5.74, 6) is 1.00. The molecule has 0 aliphatic carbocycles. The molecule has 31 heavy (non-hydrogen) atoms. The fourth-order valence-corrected chi connectivity index (χ4v) is 4.80. The number of carbonyl (C=O) groups is 1. The Morgan fingerprint density at radius 1 is 1.06 bits per heavy atom. The Morgan fingerprint density at radius 2 is 1.84 bits per heavy atom. The summed E-state index contributed by atoms with van der Waals surface area (Å²) in [6, 6.07) is 15.1. The molecule has 0 radical (unpaired) electrons. The predicted molar refractivity (Wildman–Crippen MR) is 129 cm³/mol. The zero-order valence-electron chi connectivity index (χ0n) is 17.2. The van der Waals surface area contributed by atoms with Crippen LogP contribution < -0.4 is 20.5 Å². The summed E-state index contributed by atoms with van der Waals surface area (Å²) in [5, 5.41) is 3.67. The van der Waals surface area contributed by atoms with Crippen LogP contribution in [0, 0.1) is 6.92 Å². The van der Waals surface area contributed by atoms with Gasteiger partial charge in [0.15, 0.2) is 11.5 Å². The Balaban J connectivity index is 1.68. The molecule has 2 aromatic heterocycles. The van der Waals surface area contributed by atoms with Crippen LogP contribution in [-0.4, -0.2) is 25.1 Å². The average molecular weight is 498 g/mol. The van der Waals surface area contributed by atoms with Crippen molar-refractivity contribution in [3.8, 4) is 22.8 Å². The molecule has 158 valence electrons. The number of nitrogens with two attached hydrogens (primary N) is 1. The number of hydrogen-bond acceptors (Lipinski definition) is 6. The van der Waals surface area contributed by atoms with E-state index in [1.807, 2.05) is 55.5 Å². The highest BCUT2D eigenvalue weighted by atomic mass is 79.9. The Morgan fingerprint density at radius 3 is 2.55 bits per heavy atom. The largest absolute Gasteiger partial charge is 0.493 e. The highest BCUT2D eigenvalue weighted by Crippen LogP contribution is 2.37. The lowest BCUT2D eigenvalue weighted by atomic mass is 10.1. The van der Waals surface area contributed by atoms with Crippen LogP contribution in [0.2, 0.25) is 0 Å². The summed E-state index contributed by atoms with van der Waals surface area (Å²) in [5.41, 5.74) is 10.1. The van der Waals surface area contributed by atoms with E-state index in [4.69, 9.17) is 20.2 Å². The molecule has 2 heterocycles. The Hall–Kier alpha value is -3.10. The number of nitrogens with zero attached hydrogens (tertiary/aromatic N) is 1. The summed E-state index contributed by atoms with van der Waals surface area (Å²) in [7, 11) is 3.19. The lowest BCUT2D eigenvalue weighted by Gasteiger charge is -2.09. The lowest BCUT2D eigenvalue weighted by molar-refractivity contribution is 0.103. The van der Waals surface area contributed by atoms with E-state index < -0.39 is 0 Å². The quantitative estimate of drug-likeness (QED) is 0.359. The van der Waals surface area contributed by atoms with Gasteiger partial charge >= 0.3 is 0 Å². The van der Waals surface area contributed by atoms with Crippen LogP contribution in [0.15, 0.2) is 53.0 Å². The smallest absolute Gasteiger partial charge is 0.267 e. The zero-order chi connectivity index (χ0) is 22.1. The maximum absolute atomic E-state index is 12.9. The number of fused-ring (bicyclic) bond motifs is 1. The molecule has 0 aliphatic rings. The van der Waals surface area contributed by atoms with E-state index in [0.29, 0.717) is 32.6 Å². The van der Waals surface area contributed by atoms with Gasteiger partial charge in [-0.05, 0) is 70.9 Å². The monoisotopic (exact) mass is 497 g/mol. The number of nitrogen functional groups attached to an aromatic ring is 1. The molecular weight excluding hydrogens is 478 g/mol. The summed E-state index contributed by atoms with van der Waals surface area (Å²) in [6.45, 7) is 1.99. The third-order valence-corrected chi connectivity index (χ3v) is 6.62. The van der Waals surface area contributed by atoms with Crippen LogP contribution in [0.4, 0.5) is 11.4 Å². The standard InChI is InChI=1S/C23H20BrN3O3S/c1-12-4-7-17(15(24)10-12)26-22(28)21-20(25)14-6-8-16(27-23(14)31-21)13-5-9-18(29-2)19(11-13)30-3/h4-11H,25H2,1-3H3,(H,26,28). The summed E-state index contributed by atoms with van der Waals surface area (Å²) in [6.07, 6.45) is 0. The van der Waals surface area contributed by atoms with Crippen LogP contribution in [0.5, 0.6) is 11.5 Å². The van der Waals surface area contributed by atoms with E-state index in [1.54, 1.807) is 14.2 Å². The van der Waals surface area contributed by atoms with E-state index in [0.717, 1.165) is 26.7 Å². The highest BCUT2D eigenvalue weighted by molar-refractivity contribution is 9.10. The van der Waals surface area contributed by atoms with Gasteiger partial charge < -0.3 is 20.5 Å². The number of benzene rings is 2. The van der Waals surface area contributed by atoms with Gasteiger partial charge in [0.1, 0.15) is 9.71 Å². The van der Waals surface area contributed by atoms with Gasteiger partial charge in [-0.15, -0.1) is 11.3 Å². The maximum Gasteiger partial charge on any atom is 0.267 e. The minimum atomic E-state index is -0.266. The highest BCUT2D eigenvalue weighted by Gasteiger charge is 2.19. The number of thiophene rings is 1. The average Bonchev–Trinajstić information content (AvgIpc) is 3.11. The van der Waals surface area contributed by atoms with E-state index >= 15 is 0 Å². The molecule has 0 atom stereocenters. The van der Waals surface area contributed by atoms with Crippen molar-refractivity contribution < 1.29 is 14.3 Å². The molecule has 0 aliphatic heterocycles. The number of rotatable bonds is 5. The van der Waals surface area contributed by atoms with Crippen LogP contribution in [-0.2, 0) is 0 Å². The van der Waals surface area contributed by atoms with Crippen molar-refractivity contribution in [3.63, 3.8) is 0 Å². The second kappa shape index (κ2) is 8.56. The maximum atomic E-state index is 12.9. The first-order valence-electron chi connectivity index (χ1n) is 9.40. The van der Waals surface area contributed by atoms with Crippen molar-refractivity contribution in [2.45, 2.75) is 6.92 Å². The summed E-state index contributed by atoms with van der Waals surface area (Å²) in [4.78, 5) is 18.7. The Labute approximate surface area is 192 Å². The zero-order valence-corrected chi connectivity index (χ0v) is 19.6. The molecule has 4 aromatic rings. The number of hydrogen-bond donors (Lipinski definition) is 2. The van der Waals surface area contributed by atoms with Gasteiger partial charge in [-0.3, -0.25) is 4.79 Å². The molecule has 0 spiro atoms. The Kier molecular flexibility index (Phi) is 5.84. The van der Waals surface area contributed by atoms with Crippen molar-refractivity contribution >= 4 is 54.8 Å². The number of halogens is 1. The van der Waals surface area contributed by atoms with Gasteiger partial charge in [-0.25, -0.2) is 4.98 Å². The molecule has 4 rings (SSSR count). The molecule has 1 amide bonds. The second-order valence-corrected chi connectivity index (χ2v) is 8.75. The minimum absolute atomic E-state index is 0.266. The third-order valence-electron chi connectivity index (χ3n) is 4.85. The van der Waals surface area contributed by atoms with Crippen molar-refractivity contribution in [3.05, 3.63) is 63.4 Å². The van der Waals surface area contributed by atoms with Gasteiger partial charge in [0.25, 0.3) is 5.91 Å². The first-order valence-corrected chi connectivity index (χ1v) is 11.0. The molecular formula is C23H20BrN3O3S. The van der Waals surface area contributed by atoms with Crippen molar-refractivity contribution in [1.82, 2.24) is 4.98 Å². The number of nitrogens with one attached hydrogen (secondary N) is 1. The number of aryl methyl sites for hydroxylation is 1. The first kappa shape index (κ1) is 21.1. The van der Waals surface area contributed by atoms with E-state index in [1.165, 1.54) is 11.3 Å². The number of pyridine rings is 1. The van der Waals surface area contributed by atoms with Crippen molar-refractivity contribution in [2.24, 2.45) is 0 Å². The van der Waals surface area contributed by atoms with Gasteiger partial charge in [-0.1, -0.05) is 6.07 Å². The van der Waals surface area contributed by atoms with E-state index in [2.05, 4.69) is 21.2 Å². The minimum Gasteiger partial charge on any atom is -0.493 e. The third kappa shape index (κ3) is 4.08. The van der Waals surface area contributed by atoms with E-state index in [-0.39, 0.29) is 5.91 Å². The molecule has 6 nitrogen and oxygen atoms in total. The second-order valence-electron chi connectivity index (χ2n) is 6.90. The first-order chi connectivity index (χ1) is 14.9. The van der Waals surface area contributed by atoms with Gasteiger partial charge in [0.05, 0.1) is 31.3 Å². The topological polar surface area (TPSA) is 86.5 Å². The summed E-state index contributed by atoms with van der Waals surface area (Å²) < 4.78 is 11.5.